The van der Waals surface area contributed by atoms with Gasteiger partial charge in [0.05, 0.1) is 17.7 Å². The van der Waals surface area contributed by atoms with Crippen molar-refractivity contribution in [2.75, 3.05) is 5.32 Å². The van der Waals surface area contributed by atoms with E-state index < -0.39 is 15.9 Å². The second kappa shape index (κ2) is 9.41. The summed E-state index contributed by atoms with van der Waals surface area (Å²) in [6.45, 7) is 1.78. The van der Waals surface area contributed by atoms with Gasteiger partial charge in [-0.2, -0.15) is 0 Å². The topological polar surface area (TPSA) is 132 Å². The summed E-state index contributed by atoms with van der Waals surface area (Å²) in [6.07, 6.45) is 4.36. The molecule has 8 nitrogen and oxygen atoms in total. The van der Waals surface area contributed by atoms with Crippen LogP contribution >= 0.6 is 0 Å². The van der Waals surface area contributed by atoms with Crippen LogP contribution in [-0.4, -0.2) is 20.2 Å². The van der Waals surface area contributed by atoms with Gasteiger partial charge in [-0.05, 0) is 66.6 Å². The van der Waals surface area contributed by atoms with E-state index in [4.69, 9.17) is 10.2 Å². The Bertz CT molecular complexity index is 1210. The summed E-state index contributed by atoms with van der Waals surface area (Å²) in [7, 11) is -3.69. The number of amides is 2. The standard InChI is InChI=1S/C22H21N3O5S/c1-15-13-17(7-10-20(15)22(23)27)25-21(26)11-6-16-4-8-19(9-5-16)31(28,29)24-14-18-3-2-12-30-18/h2-13,24H,14H2,1H3,(H2,23,27)(H,25,26)/b11-6+. The molecule has 0 radical (unpaired) electrons. The van der Waals surface area contributed by atoms with Crippen molar-refractivity contribution in [3.63, 3.8) is 0 Å². The Morgan fingerprint density at radius 1 is 1.10 bits per heavy atom. The van der Waals surface area contributed by atoms with Gasteiger partial charge in [-0.25, -0.2) is 13.1 Å². The van der Waals surface area contributed by atoms with Crippen LogP contribution in [0.15, 0.2) is 76.2 Å². The van der Waals surface area contributed by atoms with Gasteiger partial charge in [0.25, 0.3) is 0 Å². The van der Waals surface area contributed by atoms with Gasteiger partial charge < -0.3 is 15.5 Å². The third-order valence-electron chi connectivity index (χ3n) is 4.39. The Morgan fingerprint density at radius 2 is 1.84 bits per heavy atom. The number of sulfonamides is 1. The fraction of sp³-hybridized carbons (Fsp3) is 0.0909. The highest BCUT2D eigenvalue weighted by Crippen LogP contribution is 2.16. The molecule has 0 unspecified atom stereocenters. The number of hydrogen-bond acceptors (Lipinski definition) is 5. The first-order valence-electron chi connectivity index (χ1n) is 9.26. The van der Waals surface area contributed by atoms with E-state index >= 15 is 0 Å². The minimum Gasteiger partial charge on any atom is -0.468 e. The molecule has 0 saturated carbocycles. The largest absolute Gasteiger partial charge is 0.468 e. The van der Waals surface area contributed by atoms with Crippen LogP contribution in [0.25, 0.3) is 6.08 Å². The molecular weight excluding hydrogens is 418 g/mol. The average Bonchev–Trinajstić information content (AvgIpc) is 3.25. The SMILES string of the molecule is Cc1cc(NC(=O)/C=C/c2ccc(S(=O)(=O)NCc3ccco3)cc2)ccc1C(N)=O. The lowest BCUT2D eigenvalue weighted by atomic mass is 10.1. The lowest BCUT2D eigenvalue weighted by molar-refractivity contribution is -0.111. The van der Waals surface area contributed by atoms with Gasteiger partial charge in [0.1, 0.15) is 5.76 Å². The maximum absolute atomic E-state index is 12.3. The van der Waals surface area contributed by atoms with E-state index in [0.717, 1.165) is 0 Å². The van der Waals surface area contributed by atoms with Crippen molar-refractivity contribution in [2.24, 2.45) is 5.73 Å². The average molecular weight is 439 g/mol. The highest BCUT2D eigenvalue weighted by molar-refractivity contribution is 7.89. The van der Waals surface area contributed by atoms with Gasteiger partial charge in [-0.3, -0.25) is 9.59 Å². The normalized spacial score (nSPS) is 11.5. The van der Waals surface area contributed by atoms with E-state index in [2.05, 4.69) is 10.0 Å². The number of nitrogens with two attached hydrogens (primary N) is 1. The molecule has 0 spiro atoms. The molecule has 0 saturated heterocycles. The molecule has 4 N–H and O–H groups in total. The van der Waals surface area contributed by atoms with Crippen LogP contribution < -0.4 is 15.8 Å². The third-order valence-corrected chi connectivity index (χ3v) is 5.81. The predicted octanol–water partition coefficient (Wildman–Crippen LogP) is 2.82. The number of carbonyl (C=O) groups is 2. The summed E-state index contributed by atoms with van der Waals surface area (Å²) >= 11 is 0. The van der Waals surface area contributed by atoms with Crippen LogP contribution in [0.2, 0.25) is 0 Å². The van der Waals surface area contributed by atoms with Crippen LogP contribution in [0, 0.1) is 6.92 Å². The number of benzene rings is 2. The minimum absolute atomic E-state index is 0.0526. The molecule has 1 aromatic heterocycles. The number of aryl methyl sites for hydroxylation is 1. The summed E-state index contributed by atoms with van der Waals surface area (Å²) in [6, 6.07) is 14.2. The molecule has 2 aromatic carbocycles. The quantitative estimate of drug-likeness (QED) is 0.465. The van der Waals surface area contributed by atoms with Crippen LogP contribution in [0.5, 0.6) is 0 Å². The van der Waals surface area contributed by atoms with Crippen molar-refractivity contribution >= 4 is 33.6 Å². The lowest BCUT2D eigenvalue weighted by Gasteiger charge is -2.07. The fourth-order valence-corrected chi connectivity index (χ4v) is 3.79. The first kappa shape index (κ1) is 22.0. The Balaban J connectivity index is 1.60. The Labute approximate surface area is 179 Å². The number of primary amides is 1. The summed E-state index contributed by atoms with van der Waals surface area (Å²) in [4.78, 5) is 23.5. The molecule has 0 aliphatic heterocycles. The number of furan rings is 1. The number of nitrogens with one attached hydrogen (secondary N) is 2. The second-order valence-electron chi connectivity index (χ2n) is 6.69. The molecule has 0 atom stereocenters. The van der Waals surface area contributed by atoms with Gasteiger partial charge in [0.2, 0.25) is 21.8 Å². The Morgan fingerprint density at radius 3 is 2.45 bits per heavy atom. The number of hydrogen-bond donors (Lipinski definition) is 3. The number of anilines is 1. The van der Waals surface area contributed by atoms with E-state index in [1.807, 2.05) is 0 Å². The molecule has 1 heterocycles. The molecular formula is C22H21N3O5S. The van der Waals surface area contributed by atoms with Gasteiger partial charge >= 0.3 is 0 Å². The van der Waals surface area contributed by atoms with Crippen molar-refractivity contribution in [1.82, 2.24) is 4.72 Å². The number of rotatable bonds is 8. The van der Waals surface area contributed by atoms with Crippen LogP contribution in [-0.2, 0) is 21.4 Å². The van der Waals surface area contributed by atoms with Crippen LogP contribution in [0.3, 0.4) is 0 Å². The minimum atomic E-state index is -3.69. The van der Waals surface area contributed by atoms with E-state index in [-0.39, 0.29) is 17.3 Å². The maximum Gasteiger partial charge on any atom is 0.248 e. The van der Waals surface area contributed by atoms with Crippen LogP contribution in [0.4, 0.5) is 5.69 Å². The molecule has 0 aliphatic carbocycles. The van der Waals surface area contributed by atoms with Gasteiger partial charge in [-0.15, -0.1) is 0 Å². The zero-order valence-corrected chi connectivity index (χ0v) is 17.5. The molecule has 2 amide bonds. The van der Waals surface area contributed by atoms with E-state index in [0.29, 0.717) is 28.1 Å². The first-order chi connectivity index (χ1) is 14.7. The molecule has 3 rings (SSSR count). The monoisotopic (exact) mass is 439 g/mol. The molecule has 0 bridgehead atoms. The molecule has 0 aliphatic rings. The van der Waals surface area contributed by atoms with Gasteiger partial charge in [0, 0.05) is 17.3 Å². The van der Waals surface area contributed by atoms with Crippen molar-refractivity contribution in [3.8, 4) is 0 Å². The summed E-state index contributed by atoms with van der Waals surface area (Å²) < 4.78 is 32.2. The summed E-state index contributed by atoms with van der Waals surface area (Å²) in [5, 5.41) is 2.69. The Hall–Kier alpha value is -3.69. The van der Waals surface area contributed by atoms with E-state index in [1.54, 1.807) is 55.5 Å². The van der Waals surface area contributed by atoms with Crippen molar-refractivity contribution in [2.45, 2.75) is 18.4 Å². The smallest absolute Gasteiger partial charge is 0.248 e. The van der Waals surface area contributed by atoms with Gasteiger partial charge in [-0.1, -0.05) is 12.1 Å². The van der Waals surface area contributed by atoms with Crippen molar-refractivity contribution in [3.05, 3.63) is 89.4 Å². The Kier molecular flexibility index (Phi) is 6.68. The highest BCUT2D eigenvalue weighted by Gasteiger charge is 2.14. The van der Waals surface area contributed by atoms with Crippen molar-refractivity contribution in [1.29, 1.82) is 0 Å². The number of carbonyl (C=O) groups excluding carboxylic acids is 2. The second-order valence-corrected chi connectivity index (χ2v) is 8.46. The summed E-state index contributed by atoms with van der Waals surface area (Å²) in [5.74, 6) is -0.395. The molecule has 0 fully saturated rings. The zero-order chi connectivity index (χ0) is 22.4. The maximum atomic E-state index is 12.3. The zero-order valence-electron chi connectivity index (χ0n) is 16.7. The van der Waals surface area contributed by atoms with E-state index in [9.17, 15) is 18.0 Å². The first-order valence-corrected chi connectivity index (χ1v) is 10.7. The molecule has 3 aromatic rings. The highest BCUT2D eigenvalue weighted by atomic mass is 32.2. The lowest BCUT2D eigenvalue weighted by Crippen LogP contribution is -2.22. The van der Waals surface area contributed by atoms with Gasteiger partial charge in [0.15, 0.2) is 0 Å². The summed E-state index contributed by atoms with van der Waals surface area (Å²) in [5.41, 5.74) is 7.50. The molecule has 31 heavy (non-hydrogen) atoms. The van der Waals surface area contributed by atoms with E-state index in [1.165, 1.54) is 24.5 Å². The van der Waals surface area contributed by atoms with Crippen molar-refractivity contribution < 1.29 is 22.4 Å². The fourth-order valence-electron chi connectivity index (χ4n) is 2.79. The van der Waals surface area contributed by atoms with Crippen LogP contribution in [0.1, 0.15) is 27.2 Å². The molecule has 160 valence electrons. The third kappa shape index (κ3) is 5.91. The molecule has 9 heteroatoms. The predicted molar refractivity (Wildman–Crippen MR) is 117 cm³/mol.